The summed E-state index contributed by atoms with van der Waals surface area (Å²) in [6.07, 6.45) is 10.0. The fourth-order valence-corrected chi connectivity index (χ4v) is 1.87. The van der Waals surface area contributed by atoms with E-state index in [0.717, 1.165) is 5.57 Å². The first-order valence-electron chi connectivity index (χ1n) is 4.59. The molecule has 1 heteroatoms. The minimum atomic E-state index is -0.0475. The third-order valence-electron chi connectivity index (χ3n) is 2.67. The Morgan fingerprint density at radius 1 is 1.15 bits per heavy atom. The van der Waals surface area contributed by atoms with Crippen molar-refractivity contribution < 1.29 is 4.39 Å². The van der Waals surface area contributed by atoms with Crippen LogP contribution in [0, 0.1) is 11.8 Å². The van der Waals surface area contributed by atoms with Crippen LogP contribution >= 0.6 is 0 Å². The van der Waals surface area contributed by atoms with Gasteiger partial charge in [-0.25, -0.2) is 4.39 Å². The van der Waals surface area contributed by atoms with Gasteiger partial charge < -0.3 is 0 Å². The summed E-state index contributed by atoms with van der Waals surface area (Å²) in [6, 6.07) is 0. The highest BCUT2D eigenvalue weighted by molar-refractivity contribution is 5.38. The van der Waals surface area contributed by atoms with Gasteiger partial charge in [-0.2, -0.15) is 0 Å². The Balaban J connectivity index is 2.37. The Morgan fingerprint density at radius 2 is 1.92 bits per heavy atom. The van der Waals surface area contributed by atoms with E-state index in [1.54, 1.807) is 0 Å². The summed E-state index contributed by atoms with van der Waals surface area (Å²) in [5.74, 6) is 0.204. The van der Waals surface area contributed by atoms with Gasteiger partial charge in [0.15, 0.2) is 0 Å². The van der Waals surface area contributed by atoms with Crippen LogP contribution in [0.15, 0.2) is 47.4 Å². The lowest BCUT2D eigenvalue weighted by Gasteiger charge is -2.25. The number of rotatable bonds is 0. The van der Waals surface area contributed by atoms with Crippen molar-refractivity contribution in [2.75, 3.05) is 0 Å². The molecule has 2 rings (SSSR count). The van der Waals surface area contributed by atoms with Gasteiger partial charge in [0.1, 0.15) is 5.83 Å². The maximum Gasteiger partial charge on any atom is 0.111 e. The van der Waals surface area contributed by atoms with Gasteiger partial charge in [-0.15, -0.1) is 0 Å². The fourth-order valence-electron chi connectivity index (χ4n) is 1.87. The molecule has 0 saturated heterocycles. The van der Waals surface area contributed by atoms with Crippen molar-refractivity contribution in [1.82, 2.24) is 0 Å². The van der Waals surface area contributed by atoms with Crippen LogP contribution in [-0.4, -0.2) is 0 Å². The van der Waals surface area contributed by atoms with Crippen molar-refractivity contribution in [3.05, 3.63) is 47.4 Å². The third-order valence-corrected chi connectivity index (χ3v) is 2.67. The number of hydrogen-bond acceptors (Lipinski definition) is 0. The lowest BCUT2D eigenvalue weighted by Crippen LogP contribution is -2.16. The van der Waals surface area contributed by atoms with Crippen LogP contribution < -0.4 is 0 Å². The zero-order valence-corrected chi connectivity index (χ0v) is 7.92. The summed E-state index contributed by atoms with van der Waals surface area (Å²) in [7, 11) is 0. The molecule has 0 nitrogen and oxygen atoms in total. The van der Waals surface area contributed by atoms with Crippen molar-refractivity contribution in [3.8, 4) is 0 Å². The van der Waals surface area contributed by atoms with Gasteiger partial charge in [-0.3, -0.25) is 0 Å². The van der Waals surface area contributed by atoms with Crippen molar-refractivity contribution in [2.45, 2.75) is 13.8 Å². The summed E-state index contributed by atoms with van der Waals surface area (Å²) in [4.78, 5) is 0. The Hall–Kier alpha value is -1.11. The van der Waals surface area contributed by atoms with Crippen LogP contribution in [-0.2, 0) is 0 Å². The molecule has 0 bridgehead atoms. The van der Waals surface area contributed by atoms with Crippen LogP contribution in [0.4, 0.5) is 4.39 Å². The largest absolute Gasteiger partial charge is 0.211 e. The molecular weight excluding hydrogens is 163 g/mol. The minimum Gasteiger partial charge on any atom is -0.211 e. The van der Waals surface area contributed by atoms with Gasteiger partial charge in [0.05, 0.1) is 0 Å². The molecule has 0 spiro atoms. The molecule has 0 aromatic rings. The van der Waals surface area contributed by atoms with E-state index >= 15 is 0 Å². The molecule has 0 aromatic heterocycles. The molecule has 0 aromatic carbocycles. The number of allylic oxidation sites excluding steroid dienone is 8. The second-order valence-electron chi connectivity index (χ2n) is 3.76. The SMILES string of the molecule is CC1=CC2C=CC(C)=C(F)C2C=C1. The minimum absolute atomic E-state index is 0.0208. The van der Waals surface area contributed by atoms with Gasteiger partial charge >= 0.3 is 0 Å². The lowest BCUT2D eigenvalue weighted by atomic mass is 9.81. The second-order valence-corrected chi connectivity index (χ2v) is 3.76. The summed E-state index contributed by atoms with van der Waals surface area (Å²) >= 11 is 0. The zero-order chi connectivity index (χ0) is 9.42. The maximum atomic E-state index is 13.6. The van der Waals surface area contributed by atoms with E-state index in [9.17, 15) is 4.39 Å². The predicted molar refractivity (Wildman–Crippen MR) is 52.8 cm³/mol. The van der Waals surface area contributed by atoms with Crippen LogP contribution in [0.25, 0.3) is 0 Å². The molecule has 2 aliphatic carbocycles. The first-order valence-corrected chi connectivity index (χ1v) is 4.59. The molecule has 0 aliphatic heterocycles. The molecule has 2 aliphatic rings. The Kier molecular flexibility index (Phi) is 1.95. The van der Waals surface area contributed by atoms with E-state index in [-0.39, 0.29) is 17.7 Å². The van der Waals surface area contributed by atoms with E-state index < -0.39 is 0 Å². The zero-order valence-electron chi connectivity index (χ0n) is 7.92. The topological polar surface area (TPSA) is 0 Å². The summed E-state index contributed by atoms with van der Waals surface area (Å²) in [5, 5.41) is 0. The average Bonchev–Trinajstić information content (AvgIpc) is 2.12. The third kappa shape index (κ3) is 1.39. The molecule has 2 unspecified atom stereocenters. The molecule has 0 amide bonds. The molecule has 0 fully saturated rings. The highest BCUT2D eigenvalue weighted by Crippen LogP contribution is 2.35. The maximum absolute atomic E-state index is 13.6. The summed E-state index contributed by atoms with van der Waals surface area (Å²) in [5.41, 5.74) is 1.98. The van der Waals surface area contributed by atoms with Crippen LogP contribution in [0.1, 0.15) is 13.8 Å². The number of halogens is 1. The van der Waals surface area contributed by atoms with Gasteiger partial charge in [-0.05, 0) is 19.4 Å². The highest BCUT2D eigenvalue weighted by Gasteiger charge is 2.25. The van der Waals surface area contributed by atoms with Gasteiger partial charge in [0.25, 0.3) is 0 Å². The molecule has 13 heavy (non-hydrogen) atoms. The van der Waals surface area contributed by atoms with Crippen molar-refractivity contribution in [3.63, 3.8) is 0 Å². The van der Waals surface area contributed by atoms with Crippen LogP contribution in [0.3, 0.4) is 0 Å². The van der Waals surface area contributed by atoms with Gasteiger partial charge in [0, 0.05) is 11.8 Å². The van der Waals surface area contributed by atoms with Crippen LogP contribution in [0.2, 0.25) is 0 Å². The molecule has 0 heterocycles. The average molecular weight is 176 g/mol. The second kappa shape index (κ2) is 2.99. The van der Waals surface area contributed by atoms with Crippen molar-refractivity contribution >= 4 is 0 Å². The van der Waals surface area contributed by atoms with Gasteiger partial charge in [-0.1, -0.05) is 36.0 Å². The number of fused-ring (bicyclic) bond motifs is 1. The van der Waals surface area contributed by atoms with Crippen LogP contribution in [0.5, 0.6) is 0 Å². The van der Waals surface area contributed by atoms with E-state index in [1.165, 1.54) is 5.57 Å². The monoisotopic (exact) mass is 176 g/mol. The van der Waals surface area contributed by atoms with E-state index in [2.05, 4.69) is 12.2 Å². The highest BCUT2D eigenvalue weighted by atomic mass is 19.1. The molecule has 0 N–H and O–H groups in total. The van der Waals surface area contributed by atoms with E-state index in [0.29, 0.717) is 0 Å². The quantitative estimate of drug-likeness (QED) is 0.529. The standard InChI is InChI=1S/C12H13F/c1-8-3-6-11-10(7-8)5-4-9(2)12(11)13/h3-7,10-11H,1-2H3. The Bertz CT molecular complexity index is 342. The number of hydrogen-bond donors (Lipinski definition) is 0. The summed E-state index contributed by atoms with van der Waals surface area (Å²) < 4.78 is 13.6. The van der Waals surface area contributed by atoms with E-state index in [1.807, 2.05) is 32.1 Å². The van der Waals surface area contributed by atoms with Crippen molar-refractivity contribution in [2.24, 2.45) is 11.8 Å². The smallest absolute Gasteiger partial charge is 0.111 e. The molecular formula is C12H13F. The Morgan fingerprint density at radius 3 is 2.69 bits per heavy atom. The first-order chi connectivity index (χ1) is 6.18. The molecule has 68 valence electrons. The fraction of sp³-hybridized carbons (Fsp3) is 0.333. The molecule has 0 saturated carbocycles. The normalized spacial score (nSPS) is 31.8. The predicted octanol–water partition coefficient (Wildman–Crippen LogP) is 3.55. The first kappa shape index (κ1) is 8.49. The molecule has 0 radical (unpaired) electrons. The van der Waals surface area contributed by atoms with Crippen molar-refractivity contribution in [1.29, 1.82) is 0 Å². The summed E-state index contributed by atoms with van der Waals surface area (Å²) in [6.45, 7) is 3.87. The Labute approximate surface area is 78.1 Å². The lowest BCUT2D eigenvalue weighted by molar-refractivity contribution is 0.464. The van der Waals surface area contributed by atoms with Gasteiger partial charge in [0.2, 0.25) is 0 Å². The molecule has 2 atom stereocenters. The van der Waals surface area contributed by atoms with E-state index in [4.69, 9.17) is 0 Å².